The maximum absolute atomic E-state index is 12.2. The van der Waals surface area contributed by atoms with Crippen molar-refractivity contribution in [2.75, 3.05) is 19.0 Å². The van der Waals surface area contributed by atoms with Gasteiger partial charge in [0.1, 0.15) is 5.78 Å². The van der Waals surface area contributed by atoms with Crippen molar-refractivity contribution in [3.63, 3.8) is 0 Å². The molecule has 0 bridgehead atoms. The van der Waals surface area contributed by atoms with Gasteiger partial charge in [0.2, 0.25) is 0 Å². The fraction of sp³-hybridized carbons (Fsp3) is 0.333. The molecule has 2 aromatic rings. The quantitative estimate of drug-likeness (QED) is 0.816. The first-order chi connectivity index (χ1) is 10.1. The highest BCUT2D eigenvalue weighted by atomic mass is 16.1. The fourth-order valence-corrected chi connectivity index (χ4v) is 2.26. The van der Waals surface area contributed by atoms with Crippen molar-refractivity contribution in [2.45, 2.75) is 26.2 Å². The molecular formula is C18H22N2O. The van der Waals surface area contributed by atoms with Crippen LogP contribution >= 0.6 is 0 Å². The van der Waals surface area contributed by atoms with Crippen LogP contribution in [0, 0.1) is 0 Å². The van der Waals surface area contributed by atoms with Crippen LogP contribution < -0.4 is 4.90 Å². The number of aromatic nitrogens is 1. The first-order valence-electron chi connectivity index (χ1n) is 7.31. The van der Waals surface area contributed by atoms with Crippen molar-refractivity contribution >= 4 is 11.5 Å². The average molecular weight is 282 g/mol. The first kappa shape index (κ1) is 15.2. The molecule has 0 aliphatic carbocycles. The van der Waals surface area contributed by atoms with Gasteiger partial charge < -0.3 is 4.90 Å². The van der Waals surface area contributed by atoms with E-state index in [9.17, 15) is 4.79 Å². The van der Waals surface area contributed by atoms with Crippen LogP contribution in [0.5, 0.6) is 0 Å². The van der Waals surface area contributed by atoms with E-state index >= 15 is 0 Å². The van der Waals surface area contributed by atoms with Crippen molar-refractivity contribution in [3.05, 3.63) is 59.4 Å². The van der Waals surface area contributed by atoms with E-state index in [0.29, 0.717) is 12.8 Å². The number of carbonyl (C=O) groups excluding carboxylic acids is 1. The lowest BCUT2D eigenvalue weighted by Gasteiger charge is -2.13. The van der Waals surface area contributed by atoms with E-state index in [-0.39, 0.29) is 5.78 Å². The largest absolute Gasteiger partial charge is 0.378 e. The number of aryl methyl sites for hydroxylation is 1. The Hall–Kier alpha value is -2.16. The summed E-state index contributed by atoms with van der Waals surface area (Å²) in [6, 6.07) is 14.0. The Bertz CT molecular complexity index is 620. The molecule has 0 atom stereocenters. The SMILES string of the molecule is CCc1cccc(CC(=O)Cc2cccc(N(C)C)c2)n1. The second kappa shape index (κ2) is 7.02. The number of hydrogen-bond acceptors (Lipinski definition) is 3. The smallest absolute Gasteiger partial charge is 0.143 e. The third kappa shape index (κ3) is 4.42. The maximum Gasteiger partial charge on any atom is 0.143 e. The number of rotatable bonds is 6. The Balaban J connectivity index is 2.02. The van der Waals surface area contributed by atoms with Gasteiger partial charge in [-0.05, 0) is 36.2 Å². The average Bonchev–Trinajstić information content (AvgIpc) is 2.47. The summed E-state index contributed by atoms with van der Waals surface area (Å²) in [6.07, 6.45) is 1.76. The highest BCUT2D eigenvalue weighted by Gasteiger charge is 2.08. The lowest BCUT2D eigenvalue weighted by Crippen LogP contribution is -2.11. The monoisotopic (exact) mass is 282 g/mol. The lowest BCUT2D eigenvalue weighted by molar-refractivity contribution is -0.117. The van der Waals surface area contributed by atoms with Gasteiger partial charge in [-0.3, -0.25) is 9.78 Å². The molecule has 1 aromatic carbocycles. The van der Waals surface area contributed by atoms with Gasteiger partial charge in [0, 0.05) is 44.0 Å². The molecule has 0 fully saturated rings. The number of hydrogen-bond donors (Lipinski definition) is 0. The van der Waals surface area contributed by atoms with Gasteiger partial charge in [-0.15, -0.1) is 0 Å². The second-order valence-corrected chi connectivity index (χ2v) is 5.43. The molecule has 0 radical (unpaired) electrons. The van der Waals surface area contributed by atoms with Gasteiger partial charge in [-0.25, -0.2) is 0 Å². The summed E-state index contributed by atoms with van der Waals surface area (Å²) >= 11 is 0. The van der Waals surface area contributed by atoms with E-state index in [1.165, 1.54) is 0 Å². The highest BCUT2D eigenvalue weighted by molar-refractivity contribution is 5.83. The Morgan fingerprint density at radius 2 is 1.76 bits per heavy atom. The van der Waals surface area contributed by atoms with E-state index in [4.69, 9.17) is 0 Å². The molecule has 0 unspecified atom stereocenters. The van der Waals surface area contributed by atoms with Crippen molar-refractivity contribution in [3.8, 4) is 0 Å². The van der Waals surface area contributed by atoms with Gasteiger partial charge in [0.25, 0.3) is 0 Å². The number of nitrogens with zero attached hydrogens (tertiary/aromatic N) is 2. The minimum Gasteiger partial charge on any atom is -0.378 e. The zero-order valence-corrected chi connectivity index (χ0v) is 13.0. The molecule has 0 N–H and O–H groups in total. The molecule has 110 valence electrons. The lowest BCUT2D eigenvalue weighted by atomic mass is 10.0. The zero-order valence-electron chi connectivity index (χ0n) is 13.0. The normalized spacial score (nSPS) is 10.4. The minimum absolute atomic E-state index is 0.201. The Morgan fingerprint density at radius 1 is 1.05 bits per heavy atom. The van der Waals surface area contributed by atoms with Crippen LogP contribution in [-0.4, -0.2) is 24.9 Å². The van der Waals surface area contributed by atoms with Crippen LogP contribution in [0.4, 0.5) is 5.69 Å². The third-order valence-corrected chi connectivity index (χ3v) is 3.43. The summed E-state index contributed by atoms with van der Waals surface area (Å²) in [6.45, 7) is 2.07. The molecule has 0 saturated carbocycles. The van der Waals surface area contributed by atoms with Crippen molar-refractivity contribution in [1.82, 2.24) is 4.98 Å². The predicted molar refractivity (Wildman–Crippen MR) is 86.8 cm³/mol. The molecule has 0 spiro atoms. The van der Waals surface area contributed by atoms with Crippen molar-refractivity contribution in [1.29, 1.82) is 0 Å². The number of ketones is 1. The van der Waals surface area contributed by atoms with E-state index in [1.807, 2.05) is 55.4 Å². The molecular weight excluding hydrogens is 260 g/mol. The number of pyridine rings is 1. The summed E-state index contributed by atoms with van der Waals surface area (Å²) in [5.41, 5.74) is 4.07. The first-order valence-corrected chi connectivity index (χ1v) is 7.31. The third-order valence-electron chi connectivity index (χ3n) is 3.43. The fourth-order valence-electron chi connectivity index (χ4n) is 2.26. The van der Waals surface area contributed by atoms with Crippen LogP contribution in [0.25, 0.3) is 0 Å². The number of anilines is 1. The molecule has 3 nitrogen and oxygen atoms in total. The van der Waals surface area contributed by atoms with E-state index in [0.717, 1.165) is 29.1 Å². The Morgan fingerprint density at radius 3 is 2.48 bits per heavy atom. The minimum atomic E-state index is 0.201. The molecule has 3 heteroatoms. The highest BCUT2D eigenvalue weighted by Crippen LogP contribution is 2.14. The number of carbonyl (C=O) groups is 1. The van der Waals surface area contributed by atoms with E-state index in [2.05, 4.69) is 18.0 Å². The molecule has 0 aliphatic heterocycles. The molecule has 1 heterocycles. The molecule has 0 amide bonds. The number of benzene rings is 1. The second-order valence-electron chi connectivity index (χ2n) is 5.43. The predicted octanol–water partition coefficient (Wildman–Crippen LogP) is 3.06. The van der Waals surface area contributed by atoms with Crippen LogP contribution in [0.1, 0.15) is 23.9 Å². The standard InChI is InChI=1S/C18H22N2O/c1-4-15-8-6-9-16(19-15)13-18(21)12-14-7-5-10-17(11-14)20(2)3/h5-11H,4,12-13H2,1-3H3. The Kier molecular flexibility index (Phi) is 5.09. The summed E-state index contributed by atoms with van der Waals surface area (Å²) in [5.74, 6) is 0.201. The van der Waals surface area contributed by atoms with Crippen LogP contribution in [0.15, 0.2) is 42.5 Å². The van der Waals surface area contributed by atoms with Crippen LogP contribution in [-0.2, 0) is 24.1 Å². The summed E-state index contributed by atoms with van der Waals surface area (Å²) in [5, 5.41) is 0. The van der Waals surface area contributed by atoms with Crippen LogP contribution in [0.2, 0.25) is 0 Å². The summed E-state index contributed by atoms with van der Waals surface area (Å²) in [7, 11) is 4.00. The molecule has 21 heavy (non-hydrogen) atoms. The van der Waals surface area contributed by atoms with Gasteiger partial charge >= 0.3 is 0 Å². The topological polar surface area (TPSA) is 33.2 Å². The molecule has 0 saturated heterocycles. The maximum atomic E-state index is 12.2. The van der Waals surface area contributed by atoms with E-state index < -0.39 is 0 Å². The summed E-state index contributed by atoms with van der Waals surface area (Å²) in [4.78, 5) is 18.7. The summed E-state index contributed by atoms with van der Waals surface area (Å²) < 4.78 is 0. The molecule has 0 aliphatic rings. The number of Topliss-reactive ketones (excluding diaryl/α,β-unsaturated/α-hetero) is 1. The Labute approximate surface area is 126 Å². The van der Waals surface area contributed by atoms with Gasteiger partial charge in [-0.1, -0.05) is 25.1 Å². The van der Waals surface area contributed by atoms with Crippen LogP contribution in [0.3, 0.4) is 0 Å². The molecule has 2 rings (SSSR count). The molecule has 1 aromatic heterocycles. The van der Waals surface area contributed by atoms with Crippen molar-refractivity contribution in [2.24, 2.45) is 0 Å². The van der Waals surface area contributed by atoms with Gasteiger partial charge in [-0.2, -0.15) is 0 Å². The van der Waals surface area contributed by atoms with Crippen molar-refractivity contribution < 1.29 is 4.79 Å². The van der Waals surface area contributed by atoms with E-state index in [1.54, 1.807) is 0 Å². The van der Waals surface area contributed by atoms with Gasteiger partial charge in [0.05, 0.1) is 0 Å². The zero-order chi connectivity index (χ0) is 15.2. The van der Waals surface area contributed by atoms with Gasteiger partial charge in [0.15, 0.2) is 0 Å².